The number of furan rings is 1. The number of hydrogen-bond acceptors (Lipinski definition) is 4. The summed E-state index contributed by atoms with van der Waals surface area (Å²) in [4.78, 5) is 12.4. The zero-order valence-electron chi connectivity index (χ0n) is 13.5. The molecule has 0 saturated heterocycles. The third-order valence-electron chi connectivity index (χ3n) is 3.42. The van der Waals surface area contributed by atoms with E-state index < -0.39 is 5.76 Å². The summed E-state index contributed by atoms with van der Waals surface area (Å²) in [5, 5.41) is 3.87. The number of thioether (sulfide) groups is 1. The topological polar surface area (TPSA) is 59.5 Å². The number of alkyl halides is 2. The van der Waals surface area contributed by atoms with E-state index >= 15 is 0 Å². The number of para-hydroxylation sites is 1. The molecule has 2 heterocycles. The minimum atomic E-state index is -2.45. The van der Waals surface area contributed by atoms with Gasteiger partial charge in [0.25, 0.3) is 11.7 Å². The normalized spacial score (nSPS) is 11.3. The molecule has 0 bridgehead atoms. The molecule has 1 amide bonds. The van der Waals surface area contributed by atoms with Gasteiger partial charge in [-0.15, -0.1) is 0 Å². The maximum Gasteiger partial charge on any atom is 0.284 e. The minimum absolute atomic E-state index is 0.0715. The summed E-state index contributed by atoms with van der Waals surface area (Å²) in [6.45, 7) is 0. The fourth-order valence-electron chi connectivity index (χ4n) is 2.29. The van der Waals surface area contributed by atoms with Crippen molar-refractivity contribution in [2.24, 2.45) is 5.10 Å². The molecule has 8 heteroatoms. The molecule has 0 unspecified atom stereocenters. The van der Waals surface area contributed by atoms with Crippen LogP contribution in [-0.4, -0.2) is 22.4 Å². The number of halogens is 2. The second-order valence-electron chi connectivity index (χ2n) is 5.18. The van der Waals surface area contributed by atoms with Gasteiger partial charge in [0.15, 0.2) is 0 Å². The Morgan fingerprint density at radius 1 is 1.19 bits per heavy atom. The Bertz CT molecular complexity index is 891. The van der Waals surface area contributed by atoms with Crippen molar-refractivity contribution in [1.29, 1.82) is 0 Å². The number of nitrogens with one attached hydrogen (secondary N) is 1. The maximum atomic E-state index is 12.4. The number of aromatic nitrogens is 1. The Labute approximate surface area is 152 Å². The molecular weight excluding hydrogens is 360 g/mol. The second-order valence-corrected chi connectivity index (χ2v) is 6.16. The molecule has 26 heavy (non-hydrogen) atoms. The van der Waals surface area contributed by atoms with Gasteiger partial charge >= 0.3 is 0 Å². The minimum Gasteiger partial charge on any atom is -0.459 e. The van der Waals surface area contributed by atoms with Crippen LogP contribution >= 0.6 is 11.8 Å². The molecule has 0 aliphatic carbocycles. The Kier molecular flexibility index (Phi) is 5.85. The van der Waals surface area contributed by atoms with Gasteiger partial charge in [-0.2, -0.15) is 13.9 Å². The lowest BCUT2D eigenvalue weighted by Crippen LogP contribution is -2.19. The Morgan fingerprint density at radius 2 is 1.96 bits per heavy atom. The van der Waals surface area contributed by atoms with E-state index in [1.54, 1.807) is 24.3 Å². The molecule has 0 fully saturated rings. The first-order valence-electron chi connectivity index (χ1n) is 7.68. The van der Waals surface area contributed by atoms with E-state index in [2.05, 4.69) is 10.5 Å². The van der Waals surface area contributed by atoms with Gasteiger partial charge in [0.05, 0.1) is 23.2 Å². The van der Waals surface area contributed by atoms with E-state index in [-0.39, 0.29) is 11.7 Å². The molecule has 0 spiro atoms. The van der Waals surface area contributed by atoms with Crippen molar-refractivity contribution in [3.63, 3.8) is 0 Å². The van der Waals surface area contributed by atoms with Crippen LogP contribution in [0.3, 0.4) is 0 Å². The highest BCUT2D eigenvalue weighted by Gasteiger charge is 2.11. The number of nitrogens with zero attached hydrogens (tertiary/aromatic N) is 2. The third-order valence-corrected chi connectivity index (χ3v) is 4.13. The summed E-state index contributed by atoms with van der Waals surface area (Å²) in [6.07, 6.45) is 5.01. The zero-order chi connectivity index (χ0) is 18.4. The van der Waals surface area contributed by atoms with Gasteiger partial charge in [-0.05, 0) is 36.4 Å². The van der Waals surface area contributed by atoms with Gasteiger partial charge in [0.1, 0.15) is 11.5 Å². The van der Waals surface area contributed by atoms with E-state index in [0.717, 1.165) is 5.69 Å². The van der Waals surface area contributed by atoms with Crippen molar-refractivity contribution in [2.75, 3.05) is 0 Å². The average molecular weight is 375 g/mol. The van der Waals surface area contributed by atoms with Crippen LogP contribution in [0, 0.1) is 0 Å². The third kappa shape index (κ3) is 4.60. The van der Waals surface area contributed by atoms with Gasteiger partial charge < -0.3 is 8.98 Å². The number of carbonyl (C=O) groups is 1. The maximum absolute atomic E-state index is 12.4. The van der Waals surface area contributed by atoms with Crippen LogP contribution in [0.25, 0.3) is 5.69 Å². The number of benzene rings is 1. The number of carbonyl (C=O) groups excluding carboxylic acids is 1. The molecule has 0 radical (unpaired) electrons. The van der Waals surface area contributed by atoms with Crippen molar-refractivity contribution < 1.29 is 18.0 Å². The van der Waals surface area contributed by atoms with E-state index in [1.807, 2.05) is 41.2 Å². The number of hydrogen-bond donors (Lipinski definition) is 1. The Morgan fingerprint density at radius 3 is 2.73 bits per heavy atom. The summed E-state index contributed by atoms with van der Waals surface area (Å²) in [6, 6.07) is 14.1. The van der Waals surface area contributed by atoms with Crippen molar-refractivity contribution in [3.8, 4) is 5.69 Å². The number of hydrazone groups is 1. The first kappa shape index (κ1) is 17.9. The predicted molar refractivity (Wildman–Crippen MR) is 96.8 cm³/mol. The zero-order valence-corrected chi connectivity index (χ0v) is 14.3. The van der Waals surface area contributed by atoms with Crippen molar-refractivity contribution in [1.82, 2.24) is 9.99 Å². The van der Waals surface area contributed by atoms with Crippen LogP contribution in [0.15, 0.2) is 70.4 Å². The fraction of sp³-hybridized carbons (Fsp3) is 0.111. The molecule has 2 aromatic heterocycles. The van der Waals surface area contributed by atoms with Crippen LogP contribution in [0.4, 0.5) is 8.78 Å². The standard InChI is InChI=1S/C18H15F2N3O2S/c19-18(20)26-12-14-8-7-13(25-14)11-21-22-17(24)15-5-1-2-6-16(15)23-9-3-4-10-23/h1-11,18H,12H2,(H,22,24)/b21-11-. The fourth-order valence-corrected chi connectivity index (χ4v) is 2.73. The summed E-state index contributed by atoms with van der Waals surface area (Å²) in [5.74, 6) is -1.96. The molecule has 3 rings (SSSR count). The van der Waals surface area contributed by atoms with Gasteiger partial charge in [-0.3, -0.25) is 4.79 Å². The van der Waals surface area contributed by atoms with Gasteiger partial charge in [-0.1, -0.05) is 23.9 Å². The summed E-state index contributed by atoms with van der Waals surface area (Å²) in [7, 11) is 0. The molecule has 0 aliphatic rings. The highest BCUT2D eigenvalue weighted by Crippen LogP contribution is 2.20. The molecule has 0 atom stereocenters. The SMILES string of the molecule is O=C(N/N=C\c1ccc(CSC(F)F)o1)c1ccccc1-n1cccc1. The summed E-state index contributed by atoms with van der Waals surface area (Å²) < 4.78 is 31.5. The predicted octanol–water partition coefficient (Wildman–Crippen LogP) is 4.29. The van der Waals surface area contributed by atoms with Crippen molar-refractivity contribution in [2.45, 2.75) is 11.5 Å². The second kappa shape index (κ2) is 8.48. The smallest absolute Gasteiger partial charge is 0.284 e. The van der Waals surface area contributed by atoms with E-state index in [9.17, 15) is 13.6 Å². The van der Waals surface area contributed by atoms with E-state index in [4.69, 9.17) is 4.42 Å². The number of rotatable bonds is 7. The van der Waals surface area contributed by atoms with E-state index in [1.165, 1.54) is 6.21 Å². The van der Waals surface area contributed by atoms with E-state index in [0.29, 0.717) is 28.8 Å². The van der Waals surface area contributed by atoms with Crippen LogP contribution in [0.5, 0.6) is 0 Å². The van der Waals surface area contributed by atoms with Gasteiger partial charge in [0, 0.05) is 12.4 Å². The van der Waals surface area contributed by atoms with Gasteiger partial charge in [0.2, 0.25) is 0 Å². The van der Waals surface area contributed by atoms with Crippen LogP contribution < -0.4 is 5.43 Å². The highest BCUT2D eigenvalue weighted by molar-refractivity contribution is 7.98. The molecule has 0 aliphatic heterocycles. The van der Waals surface area contributed by atoms with Gasteiger partial charge in [-0.25, -0.2) is 5.43 Å². The lowest BCUT2D eigenvalue weighted by Gasteiger charge is -2.08. The number of amides is 1. The summed E-state index contributed by atoms with van der Waals surface area (Å²) in [5.41, 5.74) is 3.64. The molecular formula is C18H15F2N3O2S. The average Bonchev–Trinajstić information content (AvgIpc) is 3.32. The Balaban J connectivity index is 1.64. The Hall–Kier alpha value is -2.87. The van der Waals surface area contributed by atoms with Crippen LogP contribution in [-0.2, 0) is 5.75 Å². The lowest BCUT2D eigenvalue weighted by atomic mass is 10.1. The lowest BCUT2D eigenvalue weighted by molar-refractivity contribution is 0.0955. The van der Waals surface area contributed by atoms with Crippen molar-refractivity contribution >= 4 is 23.9 Å². The quantitative estimate of drug-likeness (QED) is 0.495. The molecule has 1 N–H and O–H groups in total. The van der Waals surface area contributed by atoms with Crippen molar-refractivity contribution in [3.05, 3.63) is 78.0 Å². The largest absolute Gasteiger partial charge is 0.459 e. The molecule has 0 saturated carbocycles. The van der Waals surface area contributed by atoms with Crippen LogP contribution in [0.2, 0.25) is 0 Å². The summed E-state index contributed by atoms with van der Waals surface area (Å²) >= 11 is 0.480. The first-order valence-corrected chi connectivity index (χ1v) is 8.72. The van der Waals surface area contributed by atoms with Crippen LogP contribution in [0.1, 0.15) is 21.9 Å². The first-order chi connectivity index (χ1) is 12.6. The molecule has 5 nitrogen and oxygen atoms in total. The molecule has 134 valence electrons. The highest BCUT2D eigenvalue weighted by atomic mass is 32.2. The monoisotopic (exact) mass is 375 g/mol. The molecule has 3 aromatic rings. The molecule has 1 aromatic carbocycles.